The standard InChI is InChI=1S/C13H17NO3/c1-17-11-4-2-3-9(5-11)7-14-8-10-6-12(10)13(15)16/h2-5,10,12,14H,6-8H2,1H3,(H,15,16). The van der Waals surface area contributed by atoms with Crippen molar-refractivity contribution in [2.24, 2.45) is 11.8 Å². The first-order valence-electron chi connectivity index (χ1n) is 5.77. The van der Waals surface area contributed by atoms with Crippen LogP contribution in [-0.2, 0) is 11.3 Å². The van der Waals surface area contributed by atoms with Gasteiger partial charge in [0.1, 0.15) is 5.75 Å². The fourth-order valence-corrected chi connectivity index (χ4v) is 1.96. The van der Waals surface area contributed by atoms with Crippen LogP contribution in [0.4, 0.5) is 0 Å². The Hall–Kier alpha value is -1.55. The summed E-state index contributed by atoms with van der Waals surface area (Å²) < 4.78 is 5.14. The molecule has 4 nitrogen and oxygen atoms in total. The molecule has 1 aliphatic rings. The van der Waals surface area contributed by atoms with Gasteiger partial charge in [-0.05, 0) is 36.6 Å². The van der Waals surface area contributed by atoms with Crippen molar-refractivity contribution in [2.75, 3.05) is 13.7 Å². The summed E-state index contributed by atoms with van der Waals surface area (Å²) in [6.45, 7) is 1.52. The van der Waals surface area contributed by atoms with E-state index < -0.39 is 5.97 Å². The van der Waals surface area contributed by atoms with Gasteiger partial charge >= 0.3 is 5.97 Å². The Morgan fingerprint density at radius 2 is 2.41 bits per heavy atom. The molecule has 2 atom stereocenters. The molecule has 1 fully saturated rings. The zero-order valence-electron chi connectivity index (χ0n) is 9.85. The fraction of sp³-hybridized carbons (Fsp3) is 0.462. The second-order valence-electron chi connectivity index (χ2n) is 4.42. The number of aliphatic carboxylic acids is 1. The van der Waals surface area contributed by atoms with Gasteiger partial charge < -0.3 is 15.2 Å². The zero-order chi connectivity index (χ0) is 12.3. The number of carboxylic acids is 1. The summed E-state index contributed by atoms with van der Waals surface area (Å²) in [6.07, 6.45) is 0.806. The zero-order valence-corrected chi connectivity index (χ0v) is 9.85. The first-order valence-corrected chi connectivity index (χ1v) is 5.77. The maximum absolute atomic E-state index is 10.6. The van der Waals surface area contributed by atoms with E-state index in [2.05, 4.69) is 5.32 Å². The summed E-state index contributed by atoms with van der Waals surface area (Å²) in [5, 5.41) is 12.0. The molecule has 0 aliphatic heterocycles. The quantitative estimate of drug-likeness (QED) is 0.784. The van der Waals surface area contributed by atoms with Gasteiger partial charge in [0, 0.05) is 6.54 Å². The van der Waals surface area contributed by atoms with Crippen LogP contribution in [0.5, 0.6) is 5.75 Å². The highest BCUT2D eigenvalue weighted by Crippen LogP contribution is 2.37. The molecule has 0 aromatic heterocycles. The van der Waals surface area contributed by atoms with E-state index in [1.54, 1.807) is 7.11 Å². The lowest BCUT2D eigenvalue weighted by Crippen LogP contribution is -2.18. The van der Waals surface area contributed by atoms with E-state index in [4.69, 9.17) is 9.84 Å². The van der Waals surface area contributed by atoms with Crippen molar-refractivity contribution in [3.05, 3.63) is 29.8 Å². The number of carboxylic acid groups (broad SMARTS) is 1. The van der Waals surface area contributed by atoms with Gasteiger partial charge in [0.25, 0.3) is 0 Å². The Morgan fingerprint density at radius 1 is 1.59 bits per heavy atom. The highest BCUT2D eigenvalue weighted by atomic mass is 16.5. The highest BCUT2D eigenvalue weighted by Gasteiger charge is 2.42. The van der Waals surface area contributed by atoms with E-state index in [9.17, 15) is 4.79 Å². The number of hydrogen-bond acceptors (Lipinski definition) is 3. The van der Waals surface area contributed by atoms with Gasteiger partial charge in [0.2, 0.25) is 0 Å². The van der Waals surface area contributed by atoms with E-state index >= 15 is 0 Å². The van der Waals surface area contributed by atoms with Gasteiger partial charge in [-0.25, -0.2) is 0 Å². The molecule has 92 valence electrons. The average Bonchev–Trinajstić information content (AvgIpc) is 3.09. The Balaban J connectivity index is 1.73. The van der Waals surface area contributed by atoms with Crippen LogP contribution >= 0.6 is 0 Å². The predicted molar refractivity (Wildman–Crippen MR) is 63.9 cm³/mol. The minimum Gasteiger partial charge on any atom is -0.497 e. The van der Waals surface area contributed by atoms with Crippen LogP contribution in [0.3, 0.4) is 0 Å². The van der Waals surface area contributed by atoms with Crippen molar-refractivity contribution in [3.8, 4) is 5.75 Å². The van der Waals surface area contributed by atoms with Crippen LogP contribution in [-0.4, -0.2) is 24.7 Å². The third kappa shape index (κ3) is 3.20. The van der Waals surface area contributed by atoms with E-state index in [1.807, 2.05) is 24.3 Å². The van der Waals surface area contributed by atoms with Crippen LogP contribution < -0.4 is 10.1 Å². The van der Waals surface area contributed by atoms with Gasteiger partial charge in [0.15, 0.2) is 0 Å². The van der Waals surface area contributed by atoms with Gasteiger partial charge in [-0.3, -0.25) is 4.79 Å². The summed E-state index contributed by atoms with van der Waals surface area (Å²) in [5.41, 5.74) is 1.15. The van der Waals surface area contributed by atoms with Crippen molar-refractivity contribution in [2.45, 2.75) is 13.0 Å². The molecule has 2 unspecified atom stereocenters. The largest absolute Gasteiger partial charge is 0.497 e. The molecular formula is C13H17NO3. The lowest BCUT2D eigenvalue weighted by Gasteiger charge is -2.06. The van der Waals surface area contributed by atoms with Gasteiger partial charge in [0.05, 0.1) is 13.0 Å². The van der Waals surface area contributed by atoms with Gasteiger partial charge in [-0.15, -0.1) is 0 Å². The third-order valence-corrected chi connectivity index (χ3v) is 3.11. The number of nitrogens with one attached hydrogen (secondary N) is 1. The first kappa shape index (κ1) is 11.9. The van der Waals surface area contributed by atoms with E-state index in [-0.39, 0.29) is 5.92 Å². The molecule has 1 saturated carbocycles. The molecule has 0 radical (unpaired) electrons. The Bertz CT molecular complexity index is 405. The van der Waals surface area contributed by atoms with Crippen LogP contribution in [0.1, 0.15) is 12.0 Å². The Labute approximate surface area is 101 Å². The van der Waals surface area contributed by atoms with E-state index in [1.165, 1.54) is 0 Å². The van der Waals surface area contributed by atoms with Crippen molar-refractivity contribution in [1.29, 1.82) is 0 Å². The molecule has 1 aliphatic carbocycles. The molecule has 2 rings (SSSR count). The highest BCUT2D eigenvalue weighted by molar-refractivity contribution is 5.73. The Morgan fingerprint density at radius 3 is 3.06 bits per heavy atom. The summed E-state index contributed by atoms with van der Waals surface area (Å²) in [7, 11) is 1.65. The summed E-state index contributed by atoms with van der Waals surface area (Å²) in [6, 6.07) is 7.86. The summed E-state index contributed by atoms with van der Waals surface area (Å²) >= 11 is 0. The van der Waals surface area contributed by atoms with Crippen molar-refractivity contribution >= 4 is 5.97 Å². The van der Waals surface area contributed by atoms with Crippen LogP contribution in [0.15, 0.2) is 24.3 Å². The number of benzene rings is 1. The molecule has 0 spiro atoms. The lowest BCUT2D eigenvalue weighted by atomic mass is 10.2. The normalized spacial score (nSPS) is 22.2. The Kier molecular flexibility index (Phi) is 3.64. The number of methoxy groups -OCH3 is 1. The summed E-state index contributed by atoms with van der Waals surface area (Å²) in [4.78, 5) is 10.6. The molecule has 4 heteroatoms. The van der Waals surface area contributed by atoms with Crippen LogP contribution in [0, 0.1) is 11.8 Å². The van der Waals surface area contributed by atoms with Crippen LogP contribution in [0.2, 0.25) is 0 Å². The molecule has 1 aromatic rings. The lowest BCUT2D eigenvalue weighted by molar-refractivity contribution is -0.138. The maximum atomic E-state index is 10.6. The monoisotopic (exact) mass is 235 g/mol. The van der Waals surface area contributed by atoms with E-state index in [0.29, 0.717) is 5.92 Å². The number of ether oxygens (including phenoxy) is 1. The molecule has 0 bridgehead atoms. The van der Waals surface area contributed by atoms with Crippen molar-refractivity contribution in [1.82, 2.24) is 5.32 Å². The van der Waals surface area contributed by atoms with E-state index in [0.717, 1.165) is 30.8 Å². The number of hydrogen-bond donors (Lipinski definition) is 2. The molecule has 1 aromatic carbocycles. The fourth-order valence-electron chi connectivity index (χ4n) is 1.96. The third-order valence-electron chi connectivity index (χ3n) is 3.11. The maximum Gasteiger partial charge on any atom is 0.306 e. The molecule has 2 N–H and O–H groups in total. The predicted octanol–water partition coefficient (Wildman–Crippen LogP) is 1.51. The second kappa shape index (κ2) is 5.19. The van der Waals surface area contributed by atoms with Gasteiger partial charge in [-0.1, -0.05) is 12.1 Å². The molecule has 0 amide bonds. The smallest absolute Gasteiger partial charge is 0.306 e. The van der Waals surface area contributed by atoms with Gasteiger partial charge in [-0.2, -0.15) is 0 Å². The van der Waals surface area contributed by atoms with Crippen molar-refractivity contribution in [3.63, 3.8) is 0 Å². The molecule has 0 saturated heterocycles. The average molecular weight is 235 g/mol. The topological polar surface area (TPSA) is 58.6 Å². The molecule has 0 heterocycles. The molecular weight excluding hydrogens is 218 g/mol. The SMILES string of the molecule is COc1cccc(CNCC2CC2C(=O)O)c1. The number of rotatable bonds is 6. The first-order chi connectivity index (χ1) is 8.20. The molecule has 17 heavy (non-hydrogen) atoms. The minimum atomic E-state index is -0.668. The minimum absolute atomic E-state index is 0.132. The van der Waals surface area contributed by atoms with Crippen molar-refractivity contribution < 1.29 is 14.6 Å². The van der Waals surface area contributed by atoms with Crippen LogP contribution in [0.25, 0.3) is 0 Å². The second-order valence-corrected chi connectivity index (χ2v) is 4.42. The summed E-state index contributed by atoms with van der Waals surface area (Å²) in [5.74, 6) is 0.350. The number of carbonyl (C=O) groups is 1.